The molecule has 0 N–H and O–H groups in total. The lowest BCUT2D eigenvalue weighted by molar-refractivity contribution is -0.137. The van der Waals surface area contributed by atoms with Crippen molar-refractivity contribution >= 4 is 65.7 Å². The zero-order valence-corrected chi connectivity index (χ0v) is 15.7. The Morgan fingerprint density at radius 1 is 0.800 bits per heavy atom. The number of nitrogens with zero attached hydrogens (tertiary/aromatic N) is 1. The number of anilines is 2. The zero-order valence-electron chi connectivity index (χ0n) is 12.7. The molecule has 1 nitrogen and oxygen atoms in total. The number of benzene rings is 3. The minimum absolute atomic E-state index is 0.638. The van der Waals surface area contributed by atoms with Gasteiger partial charge in [-0.05, 0) is 36.4 Å². The van der Waals surface area contributed by atoms with Gasteiger partial charge < -0.3 is 0 Å². The normalized spacial score (nSPS) is 12.0. The molecule has 25 heavy (non-hydrogen) atoms. The van der Waals surface area contributed by atoms with Crippen LogP contribution >= 0.6 is 34.2 Å². The molecule has 0 unspecified atom stereocenters. The molecular formula is C19H11F3INS. The fourth-order valence-corrected chi connectivity index (χ4v) is 4.90. The number of alkyl halides is 3. The van der Waals surface area contributed by atoms with Crippen molar-refractivity contribution < 1.29 is 13.2 Å². The number of halogens is 4. The lowest BCUT2D eigenvalue weighted by Crippen LogP contribution is -2.06. The van der Waals surface area contributed by atoms with Crippen molar-refractivity contribution in [2.75, 3.05) is 3.11 Å². The van der Waals surface area contributed by atoms with Gasteiger partial charge in [0, 0.05) is 15.5 Å². The summed E-state index contributed by atoms with van der Waals surface area (Å²) in [6, 6.07) is 19.5. The van der Waals surface area contributed by atoms with Crippen LogP contribution in [0.4, 0.5) is 24.5 Å². The second-order valence-corrected chi connectivity index (χ2v) is 7.59. The van der Waals surface area contributed by atoms with Crippen LogP contribution in [-0.2, 0) is 6.18 Å². The summed E-state index contributed by atoms with van der Waals surface area (Å²) in [6.45, 7) is 0. The van der Waals surface area contributed by atoms with Crippen LogP contribution in [-0.4, -0.2) is 0 Å². The summed E-state index contributed by atoms with van der Waals surface area (Å²) in [5.74, 6) is 0. The van der Waals surface area contributed by atoms with Crippen molar-refractivity contribution in [3.63, 3.8) is 0 Å². The molecule has 0 fully saturated rings. The first kappa shape index (κ1) is 16.7. The Balaban J connectivity index is 1.81. The number of hydrogen-bond donors (Lipinski definition) is 0. The summed E-state index contributed by atoms with van der Waals surface area (Å²) in [7, 11) is 0. The minimum atomic E-state index is -4.32. The van der Waals surface area contributed by atoms with Gasteiger partial charge in [0.1, 0.15) is 0 Å². The van der Waals surface area contributed by atoms with Crippen molar-refractivity contribution in [1.82, 2.24) is 0 Å². The molecule has 0 atom stereocenters. The highest BCUT2D eigenvalue weighted by Crippen LogP contribution is 2.43. The third kappa shape index (κ3) is 2.97. The van der Waals surface area contributed by atoms with Gasteiger partial charge in [-0.1, -0.05) is 30.3 Å². The van der Waals surface area contributed by atoms with E-state index in [1.54, 1.807) is 11.3 Å². The first-order valence-electron chi connectivity index (χ1n) is 7.48. The van der Waals surface area contributed by atoms with Crippen LogP contribution in [0.1, 0.15) is 5.56 Å². The lowest BCUT2D eigenvalue weighted by Gasteiger charge is -2.18. The van der Waals surface area contributed by atoms with E-state index in [0.717, 1.165) is 27.9 Å². The van der Waals surface area contributed by atoms with Crippen LogP contribution in [0.5, 0.6) is 0 Å². The van der Waals surface area contributed by atoms with E-state index in [9.17, 15) is 13.2 Å². The van der Waals surface area contributed by atoms with Crippen LogP contribution in [0.15, 0.2) is 66.7 Å². The number of thiophene rings is 1. The van der Waals surface area contributed by atoms with Crippen LogP contribution in [0, 0.1) is 0 Å². The van der Waals surface area contributed by atoms with Gasteiger partial charge in [-0.3, -0.25) is 3.11 Å². The van der Waals surface area contributed by atoms with E-state index in [1.165, 1.54) is 22.2 Å². The third-order valence-electron chi connectivity index (χ3n) is 4.02. The number of fused-ring (bicyclic) bond motifs is 3. The monoisotopic (exact) mass is 469 g/mol. The first-order valence-corrected chi connectivity index (χ1v) is 9.27. The fraction of sp³-hybridized carbons (Fsp3) is 0.0526. The molecule has 1 aromatic heterocycles. The van der Waals surface area contributed by atoms with Gasteiger partial charge in [0.2, 0.25) is 0 Å². The van der Waals surface area contributed by atoms with E-state index in [4.69, 9.17) is 0 Å². The Bertz CT molecular complexity index is 1050. The summed E-state index contributed by atoms with van der Waals surface area (Å²) in [6.07, 6.45) is -4.32. The molecule has 0 spiro atoms. The third-order valence-corrected chi connectivity index (χ3v) is 6.30. The van der Waals surface area contributed by atoms with Crippen LogP contribution in [0.2, 0.25) is 0 Å². The summed E-state index contributed by atoms with van der Waals surface area (Å²) in [5, 5.41) is 2.35. The average molecular weight is 469 g/mol. The molecule has 126 valence electrons. The van der Waals surface area contributed by atoms with Gasteiger partial charge in [-0.25, -0.2) is 0 Å². The van der Waals surface area contributed by atoms with E-state index >= 15 is 0 Å². The van der Waals surface area contributed by atoms with Crippen molar-refractivity contribution in [3.8, 4) is 0 Å². The molecule has 0 radical (unpaired) electrons. The Hall–Kier alpha value is -1.80. The highest BCUT2D eigenvalue weighted by molar-refractivity contribution is 14.1. The standard InChI is InChI=1S/C19H11F3INS/c20-19(21,22)12-8-10-13(11-9-12)24(23)16-6-3-5-15-14-4-1-2-7-17(14)25-18(15)16/h1-11H. The highest BCUT2D eigenvalue weighted by Gasteiger charge is 2.30. The fourth-order valence-electron chi connectivity index (χ4n) is 2.81. The summed E-state index contributed by atoms with van der Waals surface area (Å²) in [5.41, 5.74) is 1.04. The van der Waals surface area contributed by atoms with Crippen LogP contribution < -0.4 is 3.11 Å². The Morgan fingerprint density at radius 3 is 2.20 bits per heavy atom. The molecule has 6 heteroatoms. The molecule has 0 aliphatic heterocycles. The molecule has 0 saturated heterocycles. The second-order valence-electron chi connectivity index (χ2n) is 5.58. The molecule has 3 aromatic carbocycles. The maximum atomic E-state index is 12.8. The molecule has 0 amide bonds. The molecule has 1 heterocycles. The molecule has 0 aliphatic rings. The summed E-state index contributed by atoms with van der Waals surface area (Å²) in [4.78, 5) is 0. The number of hydrogen-bond acceptors (Lipinski definition) is 2. The predicted octanol–water partition coefficient (Wildman–Crippen LogP) is 7.56. The predicted molar refractivity (Wildman–Crippen MR) is 107 cm³/mol. The minimum Gasteiger partial charge on any atom is -0.282 e. The van der Waals surface area contributed by atoms with Gasteiger partial charge in [0.25, 0.3) is 0 Å². The molecule has 0 saturated carbocycles. The van der Waals surface area contributed by atoms with Crippen molar-refractivity contribution in [2.24, 2.45) is 0 Å². The molecule has 4 aromatic rings. The van der Waals surface area contributed by atoms with Gasteiger partial charge in [-0.2, -0.15) is 13.2 Å². The van der Waals surface area contributed by atoms with Crippen molar-refractivity contribution in [2.45, 2.75) is 6.18 Å². The van der Waals surface area contributed by atoms with Gasteiger partial charge in [0.05, 0.1) is 44.5 Å². The van der Waals surface area contributed by atoms with Gasteiger partial charge >= 0.3 is 6.18 Å². The summed E-state index contributed by atoms with van der Waals surface area (Å²) < 4.78 is 42.5. The van der Waals surface area contributed by atoms with E-state index in [2.05, 4.69) is 41.1 Å². The van der Waals surface area contributed by atoms with E-state index in [1.807, 2.05) is 27.4 Å². The zero-order chi connectivity index (χ0) is 17.6. The Morgan fingerprint density at radius 2 is 1.48 bits per heavy atom. The number of rotatable bonds is 2. The second kappa shape index (κ2) is 6.17. The average Bonchev–Trinajstić information content (AvgIpc) is 2.99. The van der Waals surface area contributed by atoms with Gasteiger partial charge in [0.15, 0.2) is 0 Å². The summed E-state index contributed by atoms with van der Waals surface area (Å²) >= 11 is 3.83. The Labute approximate surface area is 160 Å². The maximum Gasteiger partial charge on any atom is 0.416 e. The topological polar surface area (TPSA) is 3.24 Å². The van der Waals surface area contributed by atoms with Crippen LogP contribution in [0.25, 0.3) is 20.2 Å². The molecule has 4 rings (SSSR count). The van der Waals surface area contributed by atoms with Crippen molar-refractivity contribution in [3.05, 3.63) is 72.3 Å². The molecule has 0 bridgehead atoms. The SMILES string of the molecule is FC(F)(F)c1ccc(N(I)c2cccc3c2sc2ccccc23)cc1. The van der Waals surface area contributed by atoms with E-state index in [-0.39, 0.29) is 0 Å². The lowest BCUT2D eigenvalue weighted by atomic mass is 10.1. The Kier molecular flexibility index (Phi) is 4.11. The van der Waals surface area contributed by atoms with Crippen LogP contribution in [0.3, 0.4) is 0 Å². The quantitative estimate of drug-likeness (QED) is 0.216. The van der Waals surface area contributed by atoms with E-state index < -0.39 is 11.7 Å². The van der Waals surface area contributed by atoms with E-state index in [0.29, 0.717) is 5.69 Å². The first-order chi connectivity index (χ1) is 11.9. The largest absolute Gasteiger partial charge is 0.416 e. The highest BCUT2D eigenvalue weighted by atomic mass is 127. The van der Waals surface area contributed by atoms with Crippen molar-refractivity contribution in [1.29, 1.82) is 0 Å². The molecular weight excluding hydrogens is 458 g/mol. The molecule has 0 aliphatic carbocycles. The maximum absolute atomic E-state index is 12.8. The smallest absolute Gasteiger partial charge is 0.282 e. The van der Waals surface area contributed by atoms with Gasteiger partial charge in [-0.15, -0.1) is 11.3 Å².